The van der Waals surface area contributed by atoms with Gasteiger partial charge in [-0.1, -0.05) is 34.1 Å². The summed E-state index contributed by atoms with van der Waals surface area (Å²) in [5, 5.41) is 9.37. The molecule has 0 fully saturated rings. The Morgan fingerprint density at radius 3 is 2.62 bits per heavy atom. The number of nitrogens with zero attached hydrogens (tertiary/aromatic N) is 2. The van der Waals surface area contributed by atoms with E-state index >= 15 is 0 Å². The summed E-state index contributed by atoms with van der Waals surface area (Å²) in [5.41, 5.74) is 2.76. The molecule has 5 heteroatoms. The number of halogens is 1. The third-order valence-corrected chi connectivity index (χ3v) is 3.97. The van der Waals surface area contributed by atoms with E-state index in [1.165, 1.54) is 0 Å². The molecule has 0 spiro atoms. The third-order valence-electron chi connectivity index (χ3n) is 3.44. The van der Waals surface area contributed by atoms with Crippen LogP contribution < -0.4 is 0 Å². The summed E-state index contributed by atoms with van der Waals surface area (Å²) >= 11 is 3.41. The number of para-hydroxylation sites is 1. The highest BCUT2D eigenvalue weighted by Gasteiger charge is 2.15. The number of hydrogen-bond donors (Lipinski definition) is 1. The van der Waals surface area contributed by atoms with E-state index < -0.39 is 5.97 Å². The molecule has 1 N–H and O–H groups in total. The monoisotopic (exact) mass is 344 g/mol. The first-order chi connectivity index (χ1) is 10.1. The van der Waals surface area contributed by atoms with Crippen LogP contribution in [-0.4, -0.2) is 20.6 Å². The molecule has 0 saturated carbocycles. The van der Waals surface area contributed by atoms with Gasteiger partial charge in [0.1, 0.15) is 5.82 Å². The lowest BCUT2D eigenvalue weighted by Crippen LogP contribution is -2.06. The zero-order chi connectivity index (χ0) is 15.0. The highest BCUT2D eigenvalue weighted by atomic mass is 79.9. The summed E-state index contributed by atoms with van der Waals surface area (Å²) in [6, 6.07) is 13.2. The molecule has 4 nitrogen and oxygen atoms in total. The molecule has 1 heterocycles. The van der Waals surface area contributed by atoms with Crippen LogP contribution in [0.5, 0.6) is 0 Å². The van der Waals surface area contributed by atoms with Gasteiger partial charge in [-0.05, 0) is 36.8 Å². The first-order valence-corrected chi connectivity index (χ1v) is 7.29. The van der Waals surface area contributed by atoms with Crippen molar-refractivity contribution in [3.8, 4) is 0 Å². The highest BCUT2D eigenvalue weighted by Crippen LogP contribution is 2.22. The van der Waals surface area contributed by atoms with Gasteiger partial charge >= 0.3 is 5.97 Å². The van der Waals surface area contributed by atoms with Crippen LogP contribution in [0.2, 0.25) is 0 Å². The van der Waals surface area contributed by atoms with E-state index in [0.29, 0.717) is 17.6 Å². The van der Waals surface area contributed by atoms with Crippen molar-refractivity contribution in [1.29, 1.82) is 0 Å². The number of hydrogen-bond acceptors (Lipinski definition) is 2. The summed E-state index contributed by atoms with van der Waals surface area (Å²) in [6.45, 7) is 2.49. The Morgan fingerprint density at radius 2 is 1.95 bits per heavy atom. The van der Waals surface area contributed by atoms with Gasteiger partial charge in [-0.3, -0.25) is 0 Å². The van der Waals surface area contributed by atoms with Gasteiger partial charge in [0, 0.05) is 11.0 Å². The van der Waals surface area contributed by atoms with E-state index in [1.54, 1.807) is 12.1 Å². The largest absolute Gasteiger partial charge is 0.478 e. The fraction of sp³-hybridized carbons (Fsp3) is 0.125. The Bertz CT molecular complexity index is 822. The van der Waals surface area contributed by atoms with E-state index in [0.717, 1.165) is 15.9 Å². The van der Waals surface area contributed by atoms with Crippen molar-refractivity contribution in [2.45, 2.75) is 13.5 Å². The number of carboxylic acids is 1. The zero-order valence-electron chi connectivity index (χ0n) is 11.4. The predicted octanol–water partition coefficient (Wildman–Crippen LogP) is 3.85. The van der Waals surface area contributed by atoms with Crippen molar-refractivity contribution in [1.82, 2.24) is 9.55 Å². The summed E-state index contributed by atoms with van der Waals surface area (Å²) < 4.78 is 2.96. The van der Waals surface area contributed by atoms with Crippen molar-refractivity contribution in [2.24, 2.45) is 0 Å². The number of carbonyl (C=O) groups is 1. The molecule has 3 aromatic rings. The molecule has 0 unspecified atom stereocenters. The second kappa shape index (κ2) is 5.33. The Hall–Kier alpha value is -2.14. The maximum Gasteiger partial charge on any atom is 0.337 e. The number of aryl methyl sites for hydroxylation is 1. The van der Waals surface area contributed by atoms with Crippen LogP contribution >= 0.6 is 15.9 Å². The second-order valence-electron chi connectivity index (χ2n) is 4.85. The second-order valence-corrected chi connectivity index (χ2v) is 5.77. The van der Waals surface area contributed by atoms with E-state index in [-0.39, 0.29) is 5.56 Å². The molecule has 2 aromatic carbocycles. The fourth-order valence-corrected chi connectivity index (χ4v) is 2.70. The number of benzene rings is 2. The molecule has 0 aliphatic heterocycles. The average molecular weight is 345 g/mol. The standard InChI is InChI=1S/C16H13BrN2O2/c1-10-18-14-4-2-3-13(16(20)21)15(14)19(10)9-11-5-7-12(17)8-6-11/h2-8H,9H2,1H3,(H,20,21). The Labute approximate surface area is 130 Å². The van der Waals surface area contributed by atoms with Crippen molar-refractivity contribution in [2.75, 3.05) is 0 Å². The maximum absolute atomic E-state index is 11.4. The number of imidazole rings is 1. The molecule has 0 amide bonds. The maximum atomic E-state index is 11.4. The molecular weight excluding hydrogens is 332 g/mol. The normalized spacial score (nSPS) is 11.0. The molecule has 1 aromatic heterocycles. The van der Waals surface area contributed by atoms with Crippen molar-refractivity contribution < 1.29 is 9.90 Å². The fourth-order valence-electron chi connectivity index (χ4n) is 2.44. The quantitative estimate of drug-likeness (QED) is 0.784. The molecule has 0 saturated heterocycles. The van der Waals surface area contributed by atoms with E-state index in [4.69, 9.17) is 0 Å². The topological polar surface area (TPSA) is 55.1 Å². The first kappa shape index (κ1) is 13.8. The van der Waals surface area contributed by atoms with Gasteiger partial charge < -0.3 is 9.67 Å². The Kier molecular flexibility index (Phi) is 3.51. The number of rotatable bonds is 3. The van der Waals surface area contributed by atoms with Crippen LogP contribution in [0, 0.1) is 6.92 Å². The minimum atomic E-state index is -0.933. The third kappa shape index (κ3) is 2.56. The van der Waals surface area contributed by atoms with E-state index in [9.17, 15) is 9.90 Å². The summed E-state index contributed by atoms with van der Waals surface area (Å²) in [6.07, 6.45) is 0. The van der Waals surface area contributed by atoms with Crippen molar-refractivity contribution in [3.05, 3.63) is 63.9 Å². The molecule has 0 atom stereocenters. The number of fused-ring (bicyclic) bond motifs is 1. The molecule has 106 valence electrons. The summed E-state index contributed by atoms with van der Waals surface area (Å²) in [5.74, 6) is -0.126. The lowest BCUT2D eigenvalue weighted by molar-refractivity contribution is 0.0698. The van der Waals surface area contributed by atoms with Gasteiger partial charge in [0.2, 0.25) is 0 Å². The SMILES string of the molecule is Cc1nc2cccc(C(=O)O)c2n1Cc1ccc(Br)cc1. The molecule has 0 radical (unpaired) electrons. The Balaban J connectivity index is 2.15. The number of aromatic carboxylic acids is 1. The molecule has 0 bridgehead atoms. The minimum absolute atomic E-state index is 0.283. The predicted molar refractivity (Wildman–Crippen MR) is 84.7 cm³/mol. The molecular formula is C16H13BrN2O2. The van der Waals surface area contributed by atoms with Crippen LogP contribution in [0.15, 0.2) is 46.9 Å². The number of aromatic nitrogens is 2. The highest BCUT2D eigenvalue weighted by molar-refractivity contribution is 9.10. The van der Waals surface area contributed by atoms with Gasteiger partial charge in [-0.25, -0.2) is 9.78 Å². The van der Waals surface area contributed by atoms with Crippen molar-refractivity contribution >= 4 is 32.9 Å². The van der Waals surface area contributed by atoms with Crippen LogP contribution in [0.1, 0.15) is 21.7 Å². The van der Waals surface area contributed by atoms with Crippen molar-refractivity contribution in [3.63, 3.8) is 0 Å². The van der Waals surface area contributed by atoms with E-state index in [1.807, 2.05) is 41.8 Å². The first-order valence-electron chi connectivity index (χ1n) is 6.50. The number of carboxylic acid groups (broad SMARTS) is 1. The smallest absolute Gasteiger partial charge is 0.337 e. The van der Waals surface area contributed by atoms with Gasteiger partial charge in [0.15, 0.2) is 0 Å². The molecule has 21 heavy (non-hydrogen) atoms. The summed E-state index contributed by atoms with van der Waals surface area (Å²) in [4.78, 5) is 15.9. The minimum Gasteiger partial charge on any atom is -0.478 e. The van der Waals surface area contributed by atoms with Gasteiger partial charge in [-0.2, -0.15) is 0 Å². The molecule has 0 aliphatic carbocycles. The van der Waals surface area contributed by atoms with Gasteiger partial charge in [0.05, 0.1) is 16.6 Å². The van der Waals surface area contributed by atoms with Crippen LogP contribution in [-0.2, 0) is 6.54 Å². The zero-order valence-corrected chi connectivity index (χ0v) is 13.0. The average Bonchev–Trinajstić information content (AvgIpc) is 2.77. The lowest BCUT2D eigenvalue weighted by Gasteiger charge is -2.09. The Morgan fingerprint density at radius 1 is 1.24 bits per heavy atom. The van der Waals surface area contributed by atoms with Crippen LogP contribution in [0.4, 0.5) is 0 Å². The summed E-state index contributed by atoms with van der Waals surface area (Å²) in [7, 11) is 0. The van der Waals surface area contributed by atoms with Crippen LogP contribution in [0.3, 0.4) is 0 Å². The molecule has 0 aliphatic rings. The van der Waals surface area contributed by atoms with Gasteiger partial charge in [-0.15, -0.1) is 0 Å². The van der Waals surface area contributed by atoms with Gasteiger partial charge in [0.25, 0.3) is 0 Å². The lowest BCUT2D eigenvalue weighted by atomic mass is 10.1. The van der Waals surface area contributed by atoms with E-state index in [2.05, 4.69) is 20.9 Å². The van der Waals surface area contributed by atoms with Crippen LogP contribution in [0.25, 0.3) is 11.0 Å². The molecule has 3 rings (SSSR count).